The van der Waals surface area contributed by atoms with Gasteiger partial charge < -0.3 is 20.4 Å². The van der Waals surface area contributed by atoms with Gasteiger partial charge in [0.2, 0.25) is 5.95 Å². The SMILES string of the molecule is Fc1ccc(C2(CNC(=S)Nc3nc(N4CCCCC4)cc(N4CCCC4)n3)CCCCC2)cc1. The third-order valence-electron chi connectivity index (χ3n) is 7.89. The van der Waals surface area contributed by atoms with Crippen LogP contribution in [-0.4, -0.2) is 47.8 Å². The Bertz CT molecular complexity index is 995. The fourth-order valence-electron chi connectivity index (χ4n) is 5.87. The summed E-state index contributed by atoms with van der Waals surface area (Å²) < 4.78 is 13.6. The monoisotopic (exact) mass is 496 g/mol. The first-order chi connectivity index (χ1) is 17.1. The average molecular weight is 497 g/mol. The molecular weight excluding hydrogens is 459 g/mol. The van der Waals surface area contributed by atoms with Crippen LogP contribution in [-0.2, 0) is 5.41 Å². The van der Waals surface area contributed by atoms with Gasteiger partial charge >= 0.3 is 0 Å². The molecular formula is C27H37FN6S. The Hall–Kier alpha value is -2.48. The highest BCUT2D eigenvalue weighted by Gasteiger charge is 2.34. The smallest absolute Gasteiger partial charge is 0.232 e. The third kappa shape index (κ3) is 5.85. The highest BCUT2D eigenvalue weighted by molar-refractivity contribution is 7.80. The molecule has 0 atom stereocenters. The van der Waals surface area contributed by atoms with E-state index in [0.717, 1.165) is 57.2 Å². The van der Waals surface area contributed by atoms with Crippen LogP contribution in [0.3, 0.4) is 0 Å². The molecule has 188 valence electrons. The molecule has 1 saturated carbocycles. The van der Waals surface area contributed by atoms with Crippen molar-refractivity contribution >= 4 is 34.9 Å². The van der Waals surface area contributed by atoms with Crippen molar-refractivity contribution in [3.8, 4) is 0 Å². The molecule has 2 aliphatic heterocycles. The van der Waals surface area contributed by atoms with Gasteiger partial charge in [0.1, 0.15) is 17.5 Å². The first-order valence-corrected chi connectivity index (χ1v) is 13.7. The molecule has 0 radical (unpaired) electrons. The molecule has 3 aliphatic rings. The van der Waals surface area contributed by atoms with E-state index in [9.17, 15) is 4.39 Å². The van der Waals surface area contributed by atoms with E-state index in [1.165, 1.54) is 56.9 Å². The minimum atomic E-state index is -0.190. The highest BCUT2D eigenvalue weighted by atomic mass is 32.1. The summed E-state index contributed by atoms with van der Waals surface area (Å²) in [6.07, 6.45) is 11.9. The standard InChI is InChI=1S/C27H37FN6S/c28-22-11-9-21(10-12-22)27(13-3-1-4-14-27)20-29-26(35)32-25-30-23(33-15-5-2-6-16-33)19-24(31-25)34-17-7-8-18-34/h9-12,19H,1-8,13-18,20H2,(H2,29,30,31,32,35). The summed E-state index contributed by atoms with van der Waals surface area (Å²) in [6.45, 7) is 4.88. The number of benzene rings is 1. The molecule has 1 aromatic heterocycles. The van der Waals surface area contributed by atoms with Crippen LogP contribution < -0.4 is 20.4 Å². The topological polar surface area (TPSA) is 56.3 Å². The molecule has 0 bridgehead atoms. The number of aromatic nitrogens is 2. The quantitative estimate of drug-likeness (QED) is 0.520. The van der Waals surface area contributed by atoms with Crippen molar-refractivity contribution in [1.29, 1.82) is 0 Å². The first-order valence-electron chi connectivity index (χ1n) is 13.3. The summed E-state index contributed by atoms with van der Waals surface area (Å²) in [5.41, 5.74) is 1.16. The van der Waals surface area contributed by atoms with Gasteiger partial charge in [0.15, 0.2) is 5.11 Å². The lowest BCUT2D eigenvalue weighted by Crippen LogP contribution is -2.43. The minimum absolute atomic E-state index is 0.0328. The summed E-state index contributed by atoms with van der Waals surface area (Å²) in [7, 11) is 0. The summed E-state index contributed by atoms with van der Waals surface area (Å²) in [4.78, 5) is 14.4. The van der Waals surface area contributed by atoms with Crippen LogP contribution >= 0.6 is 12.2 Å². The lowest BCUT2D eigenvalue weighted by Gasteiger charge is -2.38. The van der Waals surface area contributed by atoms with Gasteiger partial charge in [-0.2, -0.15) is 9.97 Å². The van der Waals surface area contributed by atoms with E-state index in [2.05, 4.69) is 26.5 Å². The Kier molecular flexibility index (Phi) is 7.66. The highest BCUT2D eigenvalue weighted by Crippen LogP contribution is 2.39. The fourth-order valence-corrected chi connectivity index (χ4v) is 6.03. The molecule has 2 saturated heterocycles. The van der Waals surface area contributed by atoms with E-state index in [1.807, 2.05) is 12.1 Å². The maximum absolute atomic E-state index is 13.6. The molecule has 0 amide bonds. The molecule has 35 heavy (non-hydrogen) atoms. The number of anilines is 3. The number of piperidine rings is 1. The minimum Gasteiger partial charge on any atom is -0.361 e. The van der Waals surface area contributed by atoms with Crippen molar-refractivity contribution < 1.29 is 4.39 Å². The van der Waals surface area contributed by atoms with E-state index in [0.29, 0.717) is 11.1 Å². The Balaban J connectivity index is 1.30. The molecule has 3 fully saturated rings. The van der Waals surface area contributed by atoms with Crippen molar-refractivity contribution in [1.82, 2.24) is 15.3 Å². The predicted molar refractivity (Wildman–Crippen MR) is 145 cm³/mol. The van der Waals surface area contributed by atoms with E-state index in [1.54, 1.807) is 12.1 Å². The maximum Gasteiger partial charge on any atom is 0.232 e. The van der Waals surface area contributed by atoms with Crippen LogP contribution in [0.5, 0.6) is 0 Å². The zero-order valence-electron chi connectivity index (χ0n) is 20.6. The van der Waals surface area contributed by atoms with Gasteiger partial charge in [-0.3, -0.25) is 0 Å². The van der Waals surface area contributed by atoms with Gasteiger partial charge in [-0.1, -0.05) is 31.4 Å². The maximum atomic E-state index is 13.6. The average Bonchev–Trinajstić information content (AvgIpc) is 3.44. The fraction of sp³-hybridized carbons (Fsp3) is 0.593. The van der Waals surface area contributed by atoms with E-state index < -0.39 is 0 Å². The Labute approximate surface area is 213 Å². The number of thiocarbonyl (C=S) groups is 1. The normalized spacial score (nSPS) is 20.0. The summed E-state index contributed by atoms with van der Waals surface area (Å²) in [6, 6.07) is 9.16. The number of hydrogen-bond acceptors (Lipinski definition) is 5. The van der Waals surface area contributed by atoms with Gasteiger partial charge in [-0.05, 0) is 74.9 Å². The number of hydrogen-bond donors (Lipinski definition) is 2. The van der Waals surface area contributed by atoms with Crippen molar-refractivity contribution in [2.75, 3.05) is 47.8 Å². The molecule has 0 unspecified atom stereocenters. The molecule has 1 aliphatic carbocycles. The second kappa shape index (κ2) is 11.1. The van der Waals surface area contributed by atoms with Gasteiger partial charge in [0.05, 0.1) is 0 Å². The van der Waals surface area contributed by atoms with Crippen molar-refractivity contribution in [2.45, 2.75) is 69.6 Å². The van der Waals surface area contributed by atoms with Crippen molar-refractivity contribution in [3.05, 3.63) is 41.7 Å². The lowest BCUT2D eigenvalue weighted by molar-refractivity contribution is 0.292. The Morgan fingerprint density at radius 1 is 0.829 bits per heavy atom. The second-order valence-electron chi connectivity index (χ2n) is 10.3. The van der Waals surface area contributed by atoms with Crippen LogP contribution in [0.15, 0.2) is 30.3 Å². The van der Waals surface area contributed by atoms with E-state index >= 15 is 0 Å². The van der Waals surface area contributed by atoms with Gasteiger partial charge in [0, 0.05) is 44.2 Å². The van der Waals surface area contributed by atoms with Gasteiger partial charge in [-0.15, -0.1) is 0 Å². The number of nitrogens with zero attached hydrogens (tertiary/aromatic N) is 4. The third-order valence-corrected chi connectivity index (χ3v) is 8.14. The summed E-state index contributed by atoms with van der Waals surface area (Å²) in [5, 5.41) is 7.29. The number of halogens is 1. The molecule has 2 N–H and O–H groups in total. The molecule has 1 aromatic carbocycles. The Morgan fingerprint density at radius 2 is 1.37 bits per heavy atom. The predicted octanol–water partition coefficient (Wildman–Crippen LogP) is 5.39. The van der Waals surface area contributed by atoms with E-state index in [-0.39, 0.29) is 11.2 Å². The number of rotatable bonds is 6. The molecule has 6 nitrogen and oxygen atoms in total. The van der Waals surface area contributed by atoms with Crippen molar-refractivity contribution in [3.63, 3.8) is 0 Å². The molecule has 5 rings (SSSR count). The summed E-state index contributed by atoms with van der Waals surface area (Å²) in [5.74, 6) is 2.34. The van der Waals surface area contributed by atoms with Gasteiger partial charge in [-0.25, -0.2) is 4.39 Å². The molecule has 0 spiro atoms. The molecule has 2 aromatic rings. The van der Waals surface area contributed by atoms with Crippen LogP contribution in [0, 0.1) is 5.82 Å². The molecule has 3 heterocycles. The second-order valence-corrected chi connectivity index (χ2v) is 10.7. The van der Waals surface area contributed by atoms with Crippen LogP contribution in [0.2, 0.25) is 0 Å². The Morgan fingerprint density at radius 3 is 1.97 bits per heavy atom. The summed E-state index contributed by atoms with van der Waals surface area (Å²) >= 11 is 5.71. The van der Waals surface area contributed by atoms with Crippen LogP contribution in [0.4, 0.5) is 22.0 Å². The number of nitrogens with one attached hydrogen (secondary N) is 2. The first kappa shape index (κ1) is 24.2. The largest absolute Gasteiger partial charge is 0.361 e. The van der Waals surface area contributed by atoms with Gasteiger partial charge in [0.25, 0.3) is 0 Å². The lowest BCUT2D eigenvalue weighted by atomic mass is 9.69. The zero-order valence-corrected chi connectivity index (χ0v) is 21.4. The van der Waals surface area contributed by atoms with E-state index in [4.69, 9.17) is 22.2 Å². The zero-order chi connectivity index (χ0) is 24.1. The van der Waals surface area contributed by atoms with Crippen LogP contribution in [0.25, 0.3) is 0 Å². The van der Waals surface area contributed by atoms with Crippen LogP contribution in [0.1, 0.15) is 69.8 Å². The molecule has 8 heteroatoms. The van der Waals surface area contributed by atoms with Crippen molar-refractivity contribution in [2.24, 2.45) is 0 Å².